The van der Waals surface area contributed by atoms with E-state index in [1.165, 1.54) is 25.3 Å². The minimum absolute atomic E-state index is 0.131. The molecule has 1 fully saturated rings. The van der Waals surface area contributed by atoms with Gasteiger partial charge in [-0.1, -0.05) is 44.2 Å². The van der Waals surface area contributed by atoms with Gasteiger partial charge in [0.15, 0.2) is 0 Å². The van der Waals surface area contributed by atoms with Gasteiger partial charge in [0.2, 0.25) is 0 Å². The average Bonchev–Trinajstić information content (AvgIpc) is 2.62. The highest BCUT2D eigenvalue weighted by Crippen LogP contribution is 2.23. The number of rotatable bonds is 5. The van der Waals surface area contributed by atoms with Gasteiger partial charge in [0.05, 0.1) is 4.90 Å². The molecule has 162 valence electrons. The fourth-order valence-electron chi connectivity index (χ4n) is 4.14. The van der Waals surface area contributed by atoms with E-state index in [2.05, 4.69) is 10.0 Å². The van der Waals surface area contributed by atoms with Crippen molar-refractivity contribution in [2.24, 2.45) is 0 Å². The van der Waals surface area contributed by atoms with Crippen molar-refractivity contribution in [2.45, 2.75) is 76.7 Å². The van der Waals surface area contributed by atoms with Crippen LogP contribution < -0.4 is 10.0 Å². The topological polar surface area (TPSA) is 75.3 Å². The monoisotopic (exact) mass is 428 g/mol. The molecule has 2 N–H and O–H groups in total. The maximum absolute atomic E-state index is 13.1. The second-order valence-electron chi connectivity index (χ2n) is 8.48. The van der Waals surface area contributed by atoms with Crippen LogP contribution in [0.2, 0.25) is 0 Å². The SMILES string of the molecule is Cc1cc(C)cc(NS(=O)(=O)c2cc(C(=O)NC3CCCCCCC3)ccc2C)c1. The summed E-state index contributed by atoms with van der Waals surface area (Å²) in [6.45, 7) is 5.60. The van der Waals surface area contributed by atoms with E-state index in [4.69, 9.17) is 0 Å². The molecular formula is C24H32N2O3S. The zero-order valence-corrected chi connectivity index (χ0v) is 18.9. The fourth-order valence-corrected chi connectivity index (χ4v) is 5.46. The molecule has 1 aliphatic carbocycles. The van der Waals surface area contributed by atoms with E-state index in [1.54, 1.807) is 31.2 Å². The van der Waals surface area contributed by atoms with Crippen molar-refractivity contribution in [2.75, 3.05) is 4.72 Å². The van der Waals surface area contributed by atoms with E-state index in [0.29, 0.717) is 16.8 Å². The molecule has 30 heavy (non-hydrogen) atoms. The number of aryl methyl sites for hydroxylation is 3. The van der Waals surface area contributed by atoms with E-state index < -0.39 is 10.0 Å². The first-order valence-electron chi connectivity index (χ1n) is 10.8. The summed E-state index contributed by atoms with van der Waals surface area (Å²) in [6.07, 6.45) is 7.91. The molecular weight excluding hydrogens is 396 g/mol. The Bertz CT molecular complexity index is 987. The van der Waals surface area contributed by atoms with Gasteiger partial charge in [0, 0.05) is 17.3 Å². The van der Waals surface area contributed by atoms with Gasteiger partial charge in [0.25, 0.3) is 15.9 Å². The molecule has 2 aromatic rings. The van der Waals surface area contributed by atoms with Crippen LogP contribution in [0.1, 0.15) is 72.0 Å². The molecule has 0 heterocycles. The zero-order valence-electron chi connectivity index (χ0n) is 18.1. The highest BCUT2D eigenvalue weighted by atomic mass is 32.2. The Hall–Kier alpha value is -2.34. The Kier molecular flexibility index (Phi) is 7.19. The van der Waals surface area contributed by atoms with E-state index in [1.807, 2.05) is 19.9 Å². The Balaban J connectivity index is 1.80. The van der Waals surface area contributed by atoms with Crippen LogP contribution in [0.15, 0.2) is 41.3 Å². The van der Waals surface area contributed by atoms with Crippen molar-refractivity contribution in [1.82, 2.24) is 5.32 Å². The number of nitrogens with one attached hydrogen (secondary N) is 2. The number of sulfonamides is 1. The van der Waals surface area contributed by atoms with Crippen LogP contribution in [-0.2, 0) is 10.0 Å². The van der Waals surface area contributed by atoms with Gasteiger partial charge in [-0.2, -0.15) is 0 Å². The van der Waals surface area contributed by atoms with Crippen LogP contribution in [0.4, 0.5) is 5.69 Å². The third-order valence-corrected chi connectivity index (χ3v) is 7.18. The van der Waals surface area contributed by atoms with E-state index in [9.17, 15) is 13.2 Å². The second-order valence-corrected chi connectivity index (χ2v) is 10.1. The maximum Gasteiger partial charge on any atom is 0.262 e. The molecule has 5 nitrogen and oxygen atoms in total. The summed E-state index contributed by atoms with van der Waals surface area (Å²) in [5.74, 6) is -0.205. The highest BCUT2D eigenvalue weighted by Gasteiger charge is 2.21. The van der Waals surface area contributed by atoms with Crippen LogP contribution in [-0.4, -0.2) is 20.4 Å². The van der Waals surface area contributed by atoms with Crippen LogP contribution in [0, 0.1) is 20.8 Å². The Morgan fingerprint density at radius 2 is 1.47 bits per heavy atom. The molecule has 0 unspecified atom stereocenters. The average molecular weight is 429 g/mol. The molecule has 0 atom stereocenters. The Morgan fingerprint density at radius 3 is 2.10 bits per heavy atom. The number of carbonyl (C=O) groups is 1. The third-order valence-electron chi connectivity index (χ3n) is 5.65. The lowest BCUT2D eigenvalue weighted by atomic mass is 9.96. The molecule has 1 saturated carbocycles. The predicted octanol–water partition coefficient (Wildman–Crippen LogP) is 5.26. The van der Waals surface area contributed by atoms with Gasteiger partial charge in [-0.3, -0.25) is 9.52 Å². The minimum Gasteiger partial charge on any atom is -0.349 e. The van der Waals surface area contributed by atoms with Gasteiger partial charge in [0.1, 0.15) is 0 Å². The van der Waals surface area contributed by atoms with Crippen LogP contribution in [0.25, 0.3) is 0 Å². The minimum atomic E-state index is -3.81. The summed E-state index contributed by atoms with van der Waals surface area (Å²) in [5.41, 5.74) is 3.47. The molecule has 1 aliphatic rings. The van der Waals surface area contributed by atoms with E-state index in [-0.39, 0.29) is 16.8 Å². The van der Waals surface area contributed by atoms with Gasteiger partial charge in [-0.15, -0.1) is 0 Å². The number of hydrogen-bond donors (Lipinski definition) is 2. The normalized spacial score (nSPS) is 15.8. The molecule has 0 bridgehead atoms. The Labute approximate surface area is 180 Å². The Morgan fingerprint density at radius 1 is 0.867 bits per heavy atom. The maximum atomic E-state index is 13.1. The van der Waals surface area contributed by atoms with Crippen molar-refractivity contribution in [3.63, 3.8) is 0 Å². The lowest BCUT2D eigenvalue weighted by Crippen LogP contribution is -2.35. The van der Waals surface area contributed by atoms with Crippen LogP contribution in [0.3, 0.4) is 0 Å². The molecule has 3 rings (SSSR count). The molecule has 0 spiro atoms. The number of amides is 1. The summed E-state index contributed by atoms with van der Waals surface area (Å²) in [5, 5.41) is 3.11. The first kappa shape index (κ1) is 22.3. The third kappa shape index (κ3) is 5.85. The number of carbonyl (C=O) groups excluding carboxylic acids is 1. The van der Waals surface area contributed by atoms with Crippen molar-refractivity contribution in [3.05, 3.63) is 58.7 Å². The van der Waals surface area contributed by atoms with Gasteiger partial charge < -0.3 is 5.32 Å². The quantitative estimate of drug-likeness (QED) is 0.682. The van der Waals surface area contributed by atoms with Crippen LogP contribution in [0.5, 0.6) is 0 Å². The molecule has 0 aromatic heterocycles. The van der Waals surface area contributed by atoms with Crippen molar-refractivity contribution in [3.8, 4) is 0 Å². The van der Waals surface area contributed by atoms with Gasteiger partial charge in [-0.25, -0.2) is 8.42 Å². The summed E-state index contributed by atoms with van der Waals surface area (Å²) >= 11 is 0. The summed E-state index contributed by atoms with van der Waals surface area (Å²) < 4.78 is 28.8. The van der Waals surface area contributed by atoms with Crippen molar-refractivity contribution >= 4 is 21.6 Å². The summed E-state index contributed by atoms with van der Waals surface area (Å²) in [6, 6.07) is 10.6. The smallest absolute Gasteiger partial charge is 0.262 e. The molecule has 0 aliphatic heterocycles. The molecule has 2 aromatic carbocycles. The van der Waals surface area contributed by atoms with Gasteiger partial charge >= 0.3 is 0 Å². The standard InChI is InChI=1S/C24H32N2O3S/c1-17-13-18(2)15-22(14-17)26-30(28,29)23-16-20(12-11-19(23)3)24(27)25-21-9-7-5-4-6-8-10-21/h11-16,21,26H,4-10H2,1-3H3,(H,25,27). The van der Waals surface area contributed by atoms with Gasteiger partial charge in [-0.05, 0) is 74.6 Å². The molecule has 0 saturated heterocycles. The molecule has 0 radical (unpaired) electrons. The summed E-state index contributed by atoms with van der Waals surface area (Å²) in [7, 11) is -3.81. The number of benzene rings is 2. The number of anilines is 1. The summed E-state index contributed by atoms with van der Waals surface area (Å²) in [4.78, 5) is 13.0. The van der Waals surface area contributed by atoms with E-state index >= 15 is 0 Å². The second kappa shape index (κ2) is 9.65. The molecule has 6 heteroatoms. The number of hydrogen-bond acceptors (Lipinski definition) is 3. The lowest BCUT2D eigenvalue weighted by Gasteiger charge is -2.21. The predicted molar refractivity (Wildman–Crippen MR) is 121 cm³/mol. The first-order chi connectivity index (χ1) is 14.2. The van der Waals surface area contributed by atoms with E-state index in [0.717, 1.165) is 36.8 Å². The fraction of sp³-hybridized carbons (Fsp3) is 0.458. The first-order valence-corrected chi connectivity index (χ1v) is 12.3. The molecule has 1 amide bonds. The van der Waals surface area contributed by atoms with Crippen molar-refractivity contribution in [1.29, 1.82) is 0 Å². The van der Waals surface area contributed by atoms with Crippen LogP contribution >= 0.6 is 0 Å². The van der Waals surface area contributed by atoms with Crippen molar-refractivity contribution < 1.29 is 13.2 Å². The largest absolute Gasteiger partial charge is 0.349 e. The zero-order chi connectivity index (χ0) is 21.7. The highest BCUT2D eigenvalue weighted by molar-refractivity contribution is 7.92. The lowest BCUT2D eigenvalue weighted by molar-refractivity contribution is 0.0930.